The lowest BCUT2D eigenvalue weighted by atomic mass is 10.1. The van der Waals surface area contributed by atoms with Gasteiger partial charge in [-0.1, -0.05) is 0 Å². The molecule has 0 fully saturated rings. The Kier molecular flexibility index (Phi) is 2.96. The van der Waals surface area contributed by atoms with Crippen LogP contribution in [-0.4, -0.2) is 12.5 Å². The van der Waals surface area contributed by atoms with Crippen LogP contribution in [0.5, 0.6) is 0 Å². The van der Waals surface area contributed by atoms with Crippen molar-refractivity contribution in [2.45, 2.75) is 6.18 Å². The van der Waals surface area contributed by atoms with E-state index in [1.165, 1.54) is 0 Å². The molecule has 1 aliphatic heterocycles. The molecular weight excluding hydrogens is 334 g/mol. The molecule has 0 saturated carbocycles. The minimum Gasteiger partial charge on any atom is -0.239 e. The van der Waals surface area contributed by atoms with Gasteiger partial charge in [0.25, 0.3) is 0 Å². The summed E-state index contributed by atoms with van der Waals surface area (Å²) in [6.07, 6.45) is -4.35. The lowest BCUT2D eigenvalue weighted by Gasteiger charge is -2.08. The fourth-order valence-electron chi connectivity index (χ4n) is 1.26. The second-order valence-corrected chi connectivity index (χ2v) is 4.34. The molecule has 0 radical (unpaired) electrons. The van der Waals surface area contributed by atoms with E-state index >= 15 is 0 Å². The molecule has 1 aromatic rings. The van der Waals surface area contributed by atoms with Crippen LogP contribution in [0.2, 0.25) is 0 Å². The summed E-state index contributed by atoms with van der Waals surface area (Å²) in [6, 6.07) is 3.71. The van der Waals surface area contributed by atoms with Crippen molar-refractivity contribution >= 4 is 28.4 Å². The molecule has 1 aliphatic rings. The third-order valence-electron chi connectivity index (χ3n) is 1.93. The van der Waals surface area contributed by atoms with Crippen LogP contribution in [-0.2, 0) is 6.18 Å². The van der Waals surface area contributed by atoms with E-state index in [0.717, 1.165) is 12.1 Å². The second-order valence-electron chi connectivity index (χ2n) is 3.09. The molecule has 0 aromatic heterocycles. The van der Waals surface area contributed by atoms with E-state index in [1.807, 2.05) is 22.6 Å². The van der Waals surface area contributed by atoms with Crippen LogP contribution < -0.4 is 0 Å². The molecule has 3 nitrogen and oxygen atoms in total. The summed E-state index contributed by atoms with van der Waals surface area (Å²) in [4.78, 5) is 3.88. The Balaban J connectivity index is 2.48. The van der Waals surface area contributed by atoms with E-state index in [1.54, 1.807) is 6.07 Å². The van der Waals surface area contributed by atoms with Crippen molar-refractivity contribution in [3.8, 4) is 0 Å². The molecule has 2 rings (SSSR count). The van der Waals surface area contributed by atoms with Crippen molar-refractivity contribution in [3.63, 3.8) is 0 Å². The van der Waals surface area contributed by atoms with Gasteiger partial charge in [0.1, 0.15) is 0 Å². The minimum atomic E-state index is -4.35. The average molecular weight is 339 g/mol. The summed E-state index contributed by atoms with van der Waals surface area (Å²) in [5.74, 6) is 0.254. The first-order chi connectivity index (χ1) is 7.47. The molecule has 0 saturated heterocycles. The first kappa shape index (κ1) is 11.5. The SMILES string of the molecule is FC(F)(F)c1cc(I)cc(C2=NCN=N2)c1. The topological polar surface area (TPSA) is 37.1 Å². The van der Waals surface area contributed by atoms with Crippen molar-refractivity contribution in [1.82, 2.24) is 0 Å². The number of azo groups is 1. The summed E-state index contributed by atoms with van der Waals surface area (Å²) in [5.41, 5.74) is -0.348. The molecule has 0 unspecified atom stereocenters. The van der Waals surface area contributed by atoms with Gasteiger partial charge in [-0.15, -0.1) is 5.11 Å². The largest absolute Gasteiger partial charge is 0.416 e. The number of amidine groups is 1. The maximum absolute atomic E-state index is 12.5. The summed E-state index contributed by atoms with van der Waals surface area (Å²) >= 11 is 1.83. The van der Waals surface area contributed by atoms with E-state index < -0.39 is 11.7 Å². The zero-order valence-corrected chi connectivity index (χ0v) is 9.95. The van der Waals surface area contributed by atoms with E-state index in [-0.39, 0.29) is 12.5 Å². The average Bonchev–Trinajstić information content (AvgIpc) is 2.68. The van der Waals surface area contributed by atoms with Crippen LogP contribution in [0.1, 0.15) is 11.1 Å². The Morgan fingerprint density at radius 2 is 1.94 bits per heavy atom. The van der Waals surface area contributed by atoms with Crippen molar-refractivity contribution < 1.29 is 13.2 Å². The molecule has 1 aromatic carbocycles. The van der Waals surface area contributed by atoms with Crippen molar-refractivity contribution in [3.05, 3.63) is 32.9 Å². The van der Waals surface area contributed by atoms with Crippen LogP contribution in [0.4, 0.5) is 13.2 Å². The summed E-state index contributed by atoms with van der Waals surface area (Å²) < 4.78 is 38.1. The number of alkyl halides is 3. The van der Waals surface area contributed by atoms with Gasteiger partial charge in [0.05, 0.1) is 5.56 Å². The Morgan fingerprint density at radius 1 is 1.19 bits per heavy atom. The first-order valence-electron chi connectivity index (χ1n) is 4.27. The molecule has 0 N–H and O–H groups in total. The van der Waals surface area contributed by atoms with Gasteiger partial charge in [0.2, 0.25) is 0 Å². The van der Waals surface area contributed by atoms with E-state index in [2.05, 4.69) is 15.2 Å². The van der Waals surface area contributed by atoms with Gasteiger partial charge in [-0.2, -0.15) is 18.3 Å². The van der Waals surface area contributed by atoms with Gasteiger partial charge in [-0.05, 0) is 40.8 Å². The highest BCUT2D eigenvalue weighted by Crippen LogP contribution is 2.31. The van der Waals surface area contributed by atoms with Crippen LogP contribution in [0.3, 0.4) is 0 Å². The molecule has 7 heteroatoms. The monoisotopic (exact) mass is 339 g/mol. The summed E-state index contributed by atoms with van der Waals surface area (Å²) in [5, 5.41) is 7.27. The van der Waals surface area contributed by atoms with Gasteiger partial charge in [-0.25, -0.2) is 4.99 Å². The standard InChI is InChI=1S/C9H5F3IN3/c10-9(11,12)6-1-5(2-7(13)3-6)8-14-4-15-16-8/h1-3H,4H2. The van der Waals surface area contributed by atoms with Crippen LogP contribution in [0.25, 0.3) is 0 Å². The lowest BCUT2D eigenvalue weighted by Crippen LogP contribution is -2.07. The number of hydrogen-bond acceptors (Lipinski definition) is 3. The smallest absolute Gasteiger partial charge is 0.239 e. The number of hydrogen-bond donors (Lipinski definition) is 0. The second kappa shape index (κ2) is 4.11. The normalized spacial score (nSPS) is 15.4. The quantitative estimate of drug-likeness (QED) is 0.703. The molecule has 1 heterocycles. The fourth-order valence-corrected chi connectivity index (χ4v) is 1.93. The minimum absolute atomic E-state index is 0.183. The fraction of sp³-hybridized carbons (Fsp3) is 0.222. The van der Waals surface area contributed by atoms with Gasteiger partial charge in [-0.3, -0.25) is 0 Å². The molecule has 84 valence electrons. The van der Waals surface area contributed by atoms with E-state index in [9.17, 15) is 13.2 Å². The highest BCUT2D eigenvalue weighted by molar-refractivity contribution is 14.1. The number of aliphatic imine (C=N–C) groups is 1. The Morgan fingerprint density at radius 3 is 2.50 bits per heavy atom. The van der Waals surface area contributed by atoms with Gasteiger partial charge in [0, 0.05) is 9.13 Å². The van der Waals surface area contributed by atoms with Crippen LogP contribution in [0.15, 0.2) is 33.4 Å². The predicted molar refractivity (Wildman–Crippen MR) is 60.4 cm³/mol. The summed E-state index contributed by atoms with van der Waals surface area (Å²) in [7, 11) is 0. The van der Waals surface area contributed by atoms with Gasteiger partial charge >= 0.3 is 6.18 Å². The van der Waals surface area contributed by atoms with Gasteiger partial charge in [0.15, 0.2) is 12.5 Å². The van der Waals surface area contributed by atoms with E-state index in [0.29, 0.717) is 9.13 Å². The predicted octanol–water partition coefficient (Wildman–Crippen LogP) is 3.48. The zero-order valence-electron chi connectivity index (χ0n) is 7.79. The maximum atomic E-state index is 12.5. The van der Waals surface area contributed by atoms with Crippen molar-refractivity contribution in [2.75, 3.05) is 6.67 Å². The van der Waals surface area contributed by atoms with Crippen LogP contribution >= 0.6 is 22.6 Å². The van der Waals surface area contributed by atoms with Crippen molar-refractivity contribution in [1.29, 1.82) is 0 Å². The van der Waals surface area contributed by atoms with Crippen molar-refractivity contribution in [2.24, 2.45) is 15.2 Å². The third kappa shape index (κ3) is 2.39. The molecule has 0 aliphatic carbocycles. The maximum Gasteiger partial charge on any atom is 0.416 e. The highest BCUT2D eigenvalue weighted by Gasteiger charge is 2.31. The Labute approximate surface area is 103 Å². The molecule has 0 amide bonds. The Hall–Kier alpha value is -0.990. The van der Waals surface area contributed by atoms with E-state index in [4.69, 9.17) is 0 Å². The molecular formula is C9H5F3IN3. The number of halogens is 4. The lowest BCUT2D eigenvalue weighted by molar-refractivity contribution is -0.137. The zero-order chi connectivity index (χ0) is 11.8. The summed E-state index contributed by atoms with van der Waals surface area (Å²) in [6.45, 7) is 0.183. The van der Waals surface area contributed by atoms with Gasteiger partial charge < -0.3 is 0 Å². The molecule has 0 atom stereocenters. The molecule has 0 spiro atoms. The van der Waals surface area contributed by atoms with Crippen LogP contribution in [0, 0.1) is 3.57 Å². The number of rotatable bonds is 1. The number of nitrogens with zero attached hydrogens (tertiary/aromatic N) is 3. The molecule has 16 heavy (non-hydrogen) atoms. The third-order valence-corrected chi connectivity index (χ3v) is 2.56. The Bertz CT molecular complexity index is 479. The first-order valence-corrected chi connectivity index (χ1v) is 5.35. The highest BCUT2D eigenvalue weighted by atomic mass is 127. The molecule has 0 bridgehead atoms. The number of benzene rings is 1.